The van der Waals surface area contributed by atoms with Gasteiger partial charge in [-0.3, -0.25) is 0 Å². The lowest BCUT2D eigenvalue weighted by Gasteiger charge is -2.34. The van der Waals surface area contributed by atoms with Crippen molar-refractivity contribution >= 4 is 29.9 Å². The van der Waals surface area contributed by atoms with Crippen LogP contribution in [0.25, 0.3) is 23.4 Å². The Morgan fingerprint density at radius 2 is 1.85 bits per heavy atom. The number of anilines is 2. The van der Waals surface area contributed by atoms with Gasteiger partial charge in [-0.25, -0.2) is 19.7 Å². The Kier molecular flexibility index (Phi) is 6.68. The predicted molar refractivity (Wildman–Crippen MR) is 129 cm³/mol. The number of aromatic nitrogens is 3. The van der Waals surface area contributed by atoms with Crippen LogP contribution in [0.15, 0.2) is 48.8 Å². The summed E-state index contributed by atoms with van der Waals surface area (Å²) in [5.74, 6) is 1.08. The summed E-state index contributed by atoms with van der Waals surface area (Å²) in [4.78, 5) is 27.8. The van der Waals surface area contributed by atoms with Crippen molar-refractivity contribution in [2.24, 2.45) is 0 Å². The molecule has 0 atom stereocenters. The molecule has 2 N–H and O–H groups in total. The molecule has 3 heterocycles. The van der Waals surface area contributed by atoms with Gasteiger partial charge in [0, 0.05) is 62.4 Å². The fourth-order valence-corrected chi connectivity index (χ4v) is 3.68. The van der Waals surface area contributed by atoms with Gasteiger partial charge in [-0.1, -0.05) is 18.2 Å². The SMILES string of the molecule is CNc1nccc(-c2cnc(OC)c(C=Cc3ccc(N4CCN(C(=O)O)CC4)cc3)c2)n1. The number of hydrogen-bond donors (Lipinski definition) is 2. The molecule has 1 saturated heterocycles. The van der Waals surface area contributed by atoms with E-state index >= 15 is 0 Å². The number of rotatable bonds is 6. The standard InChI is InChI=1S/C24H26N6O3/c1-25-23-26-10-9-21(28-23)19-15-18(22(33-2)27-16-19)6-3-17-4-7-20(8-5-17)29-11-13-30(14-12-29)24(31)32/h3-10,15-16H,11-14H2,1-2H3,(H,31,32)(H,25,26,28). The predicted octanol–water partition coefficient (Wildman–Crippen LogP) is 3.56. The first-order valence-corrected chi connectivity index (χ1v) is 10.6. The summed E-state index contributed by atoms with van der Waals surface area (Å²) in [5, 5.41) is 12.0. The molecule has 1 aliphatic rings. The first-order valence-electron chi connectivity index (χ1n) is 10.6. The minimum Gasteiger partial charge on any atom is -0.481 e. The van der Waals surface area contributed by atoms with Gasteiger partial charge in [0.15, 0.2) is 0 Å². The van der Waals surface area contributed by atoms with Crippen LogP contribution in [-0.2, 0) is 0 Å². The van der Waals surface area contributed by atoms with E-state index in [1.165, 1.54) is 4.90 Å². The van der Waals surface area contributed by atoms with E-state index in [0.29, 0.717) is 38.0 Å². The molecule has 1 aliphatic heterocycles. The second-order valence-electron chi connectivity index (χ2n) is 7.52. The van der Waals surface area contributed by atoms with E-state index in [1.54, 1.807) is 26.6 Å². The molecule has 0 aliphatic carbocycles. The maximum Gasteiger partial charge on any atom is 0.407 e. The number of carboxylic acid groups (broad SMARTS) is 1. The monoisotopic (exact) mass is 446 g/mol. The Balaban J connectivity index is 1.49. The average molecular weight is 447 g/mol. The quantitative estimate of drug-likeness (QED) is 0.592. The number of ether oxygens (including phenoxy) is 1. The van der Waals surface area contributed by atoms with Crippen LogP contribution < -0.4 is 15.0 Å². The first kappa shape index (κ1) is 22.1. The van der Waals surface area contributed by atoms with Crippen molar-refractivity contribution in [2.45, 2.75) is 0 Å². The summed E-state index contributed by atoms with van der Waals surface area (Å²) < 4.78 is 5.43. The maximum atomic E-state index is 11.1. The molecule has 0 bridgehead atoms. The molecular weight excluding hydrogens is 420 g/mol. The molecule has 0 unspecified atom stereocenters. The van der Waals surface area contributed by atoms with E-state index in [2.05, 4.69) is 37.3 Å². The van der Waals surface area contributed by atoms with Gasteiger partial charge in [-0.05, 0) is 35.9 Å². The van der Waals surface area contributed by atoms with Crippen molar-refractivity contribution in [3.63, 3.8) is 0 Å². The smallest absolute Gasteiger partial charge is 0.407 e. The minimum atomic E-state index is -0.855. The number of carbonyl (C=O) groups is 1. The maximum absolute atomic E-state index is 11.1. The zero-order valence-electron chi connectivity index (χ0n) is 18.6. The molecule has 1 amide bonds. The van der Waals surface area contributed by atoms with Gasteiger partial charge < -0.3 is 25.0 Å². The van der Waals surface area contributed by atoms with E-state index in [9.17, 15) is 4.79 Å². The topological polar surface area (TPSA) is 104 Å². The summed E-state index contributed by atoms with van der Waals surface area (Å²) in [5.41, 5.74) is 4.60. The number of nitrogens with zero attached hydrogens (tertiary/aromatic N) is 5. The van der Waals surface area contributed by atoms with E-state index in [4.69, 9.17) is 9.84 Å². The van der Waals surface area contributed by atoms with Gasteiger partial charge in [-0.15, -0.1) is 0 Å². The highest BCUT2D eigenvalue weighted by Crippen LogP contribution is 2.26. The second-order valence-corrected chi connectivity index (χ2v) is 7.52. The zero-order chi connectivity index (χ0) is 23.2. The highest BCUT2D eigenvalue weighted by Gasteiger charge is 2.20. The minimum absolute atomic E-state index is 0.516. The Morgan fingerprint density at radius 1 is 1.09 bits per heavy atom. The molecular formula is C24H26N6O3. The van der Waals surface area contributed by atoms with E-state index in [1.807, 2.05) is 36.4 Å². The van der Waals surface area contributed by atoms with Crippen molar-refractivity contribution in [3.8, 4) is 17.1 Å². The van der Waals surface area contributed by atoms with Crippen LogP contribution in [0.5, 0.6) is 5.88 Å². The second kappa shape index (κ2) is 9.99. The van der Waals surface area contributed by atoms with E-state index in [-0.39, 0.29) is 0 Å². The Hall–Kier alpha value is -4.14. The zero-order valence-corrected chi connectivity index (χ0v) is 18.6. The molecule has 0 spiro atoms. The molecule has 1 aromatic carbocycles. The lowest BCUT2D eigenvalue weighted by atomic mass is 10.1. The molecule has 0 radical (unpaired) electrons. The van der Waals surface area contributed by atoms with E-state index in [0.717, 1.165) is 28.1 Å². The van der Waals surface area contributed by atoms with Crippen molar-refractivity contribution in [1.82, 2.24) is 19.9 Å². The van der Waals surface area contributed by atoms with Crippen LogP contribution in [0, 0.1) is 0 Å². The summed E-state index contributed by atoms with van der Waals surface area (Å²) >= 11 is 0. The van der Waals surface area contributed by atoms with Gasteiger partial charge in [0.2, 0.25) is 11.8 Å². The van der Waals surface area contributed by atoms with Crippen LogP contribution in [0.4, 0.5) is 16.4 Å². The van der Waals surface area contributed by atoms with Crippen molar-refractivity contribution in [3.05, 3.63) is 59.9 Å². The van der Waals surface area contributed by atoms with Crippen LogP contribution in [0.3, 0.4) is 0 Å². The summed E-state index contributed by atoms with van der Waals surface area (Å²) in [6, 6.07) is 12.0. The number of amides is 1. The highest BCUT2D eigenvalue weighted by atomic mass is 16.5. The molecule has 170 valence electrons. The van der Waals surface area contributed by atoms with Crippen LogP contribution in [0.2, 0.25) is 0 Å². The van der Waals surface area contributed by atoms with Crippen molar-refractivity contribution < 1.29 is 14.6 Å². The fraction of sp³-hybridized carbons (Fsp3) is 0.250. The van der Waals surface area contributed by atoms with Crippen LogP contribution in [0.1, 0.15) is 11.1 Å². The Morgan fingerprint density at radius 3 is 2.52 bits per heavy atom. The fourth-order valence-electron chi connectivity index (χ4n) is 3.68. The van der Waals surface area contributed by atoms with Gasteiger partial charge in [-0.2, -0.15) is 0 Å². The Labute approximate surface area is 192 Å². The number of hydrogen-bond acceptors (Lipinski definition) is 7. The molecule has 9 nitrogen and oxygen atoms in total. The van der Waals surface area contributed by atoms with Crippen molar-refractivity contribution in [1.29, 1.82) is 0 Å². The molecule has 9 heteroatoms. The molecule has 4 rings (SSSR count). The summed E-state index contributed by atoms with van der Waals surface area (Å²) in [6.07, 6.45) is 6.56. The van der Waals surface area contributed by atoms with E-state index < -0.39 is 6.09 Å². The average Bonchev–Trinajstić information content (AvgIpc) is 2.87. The number of pyridine rings is 1. The summed E-state index contributed by atoms with van der Waals surface area (Å²) in [7, 11) is 3.38. The normalized spacial score (nSPS) is 13.9. The van der Waals surface area contributed by atoms with Gasteiger partial charge in [0.25, 0.3) is 0 Å². The third-order valence-corrected chi connectivity index (χ3v) is 5.51. The first-order chi connectivity index (χ1) is 16.1. The highest BCUT2D eigenvalue weighted by molar-refractivity contribution is 5.75. The third kappa shape index (κ3) is 5.20. The summed E-state index contributed by atoms with van der Waals surface area (Å²) in [6.45, 7) is 2.41. The van der Waals surface area contributed by atoms with Gasteiger partial charge >= 0.3 is 6.09 Å². The number of piperazine rings is 1. The Bertz CT molecular complexity index is 1140. The molecule has 1 fully saturated rings. The van der Waals surface area contributed by atoms with Gasteiger partial charge in [0.1, 0.15) is 0 Å². The number of methoxy groups -OCH3 is 1. The largest absolute Gasteiger partial charge is 0.481 e. The van der Waals surface area contributed by atoms with Crippen LogP contribution >= 0.6 is 0 Å². The number of nitrogens with one attached hydrogen (secondary N) is 1. The lowest BCUT2D eigenvalue weighted by molar-refractivity contribution is 0.142. The molecule has 0 saturated carbocycles. The van der Waals surface area contributed by atoms with Crippen molar-refractivity contribution in [2.75, 3.05) is 50.6 Å². The molecule has 33 heavy (non-hydrogen) atoms. The third-order valence-electron chi connectivity index (χ3n) is 5.51. The lowest BCUT2D eigenvalue weighted by Crippen LogP contribution is -2.48. The number of benzene rings is 1. The molecule has 3 aromatic rings. The molecule has 2 aromatic heterocycles. The van der Waals surface area contributed by atoms with Crippen LogP contribution in [-0.4, -0.2) is 71.4 Å². The van der Waals surface area contributed by atoms with Gasteiger partial charge in [0.05, 0.1) is 12.8 Å².